The van der Waals surface area contributed by atoms with Crippen LogP contribution in [-0.2, 0) is 13.0 Å². The minimum Gasteiger partial charge on any atom is -0.486 e. The number of ether oxygens (including phenoxy) is 2. The molecule has 0 unspecified atom stereocenters. The van der Waals surface area contributed by atoms with Gasteiger partial charge in [0.2, 0.25) is 0 Å². The smallest absolute Gasteiger partial charge is 0.161 e. The van der Waals surface area contributed by atoms with Gasteiger partial charge in [-0.1, -0.05) is 36.4 Å². The molecule has 0 amide bonds. The number of nitrogens with zero attached hydrogens (tertiary/aromatic N) is 1. The van der Waals surface area contributed by atoms with Crippen LogP contribution >= 0.6 is 0 Å². The second-order valence-corrected chi connectivity index (χ2v) is 8.25. The van der Waals surface area contributed by atoms with Crippen molar-refractivity contribution in [3.05, 3.63) is 59.7 Å². The van der Waals surface area contributed by atoms with E-state index in [1.165, 1.54) is 11.1 Å². The average Bonchev–Trinajstić information content (AvgIpc) is 2.76. The first-order valence-corrected chi connectivity index (χ1v) is 10.5. The predicted octanol–water partition coefficient (Wildman–Crippen LogP) is 4.06. The number of aliphatic hydroxyl groups excluding tert-OH is 1. The van der Waals surface area contributed by atoms with Gasteiger partial charge in [-0.25, -0.2) is 0 Å². The van der Waals surface area contributed by atoms with Crippen molar-refractivity contribution < 1.29 is 14.6 Å². The van der Waals surface area contributed by atoms with Crippen molar-refractivity contribution in [1.29, 1.82) is 0 Å². The highest BCUT2D eigenvalue weighted by Crippen LogP contribution is 2.37. The normalized spacial score (nSPS) is 18.8. The zero-order chi connectivity index (χ0) is 19.2. The van der Waals surface area contributed by atoms with E-state index in [0.717, 1.165) is 63.2 Å². The molecule has 2 aliphatic heterocycles. The number of rotatable bonds is 7. The number of likely N-dealkylation sites (tertiary alicyclic amines) is 1. The van der Waals surface area contributed by atoms with Gasteiger partial charge in [0.1, 0.15) is 13.2 Å². The molecule has 0 radical (unpaired) electrons. The maximum absolute atomic E-state index is 10.1. The molecule has 4 rings (SSSR count). The highest BCUT2D eigenvalue weighted by Gasteiger charge is 2.33. The average molecular weight is 382 g/mol. The van der Waals surface area contributed by atoms with E-state index in [4.69, 9.17) is 9.47 Å². The first-order valence-electron chi connectivity index (χ1n) is 10.5. The summed E-state index contributed by atoms with van der Waals surface area (Å²) in [6, 6.07) is 16.9. The molecule has 0 spiro atoms. The van der Waals surface area contributed by atoms with Crippen molar-refractivity contribution in [3.63, 3.8) is 0 Å². The van der Waals surface area contributed by atoms with E-state index < -0.39 is 0 Å². The molecule has 0 aliphatic carbocycles. The van der Waals surface area contributed by atoms with E-state index in [0.29, 0.717) is 19.8 Å². The number of hydrogen-bond acceptors (Lipinski definition) is 4. The minimum atomic E-state index is 0.0953. The molecule has 4 nitrogen and oxygen atoms in total. The number of hydrogen-bond donors (Lipinski definition) is 1. The van der Waals surface area contributed by atoms with Crippen LogP contribution in [0.2, 0.25) is 0 Å². The first kappa shape index (κ1) is 19.3. The lowest BCUT2D eigenvalue weighted by atomic mass is 9.75. The quantitative estimate of drug-likeness (QED) is 0.785. The summed E-state index contributed by atoms with van der Waals surface area (Å²) in [5.41, 5.74) is 2.76. The topological polar surface area (TPSA) is 41.9 Å². The Bertz CT molecular complexity index is 754. The summed E-state index contributed by atoms with van der Waals surface area (Å²) in [5, 5.41) is 10.1. The zero-order valence-corrected chi connectivity index (χ0v) is 16.6. The monoisotopic (exact) mass is 381 g/mol. The van der Waals surface area contributed by atoms with Gasteiger partial charge in [-0.3, -0.25) is 4.90 Å². The molecule has 0 bridgehead atoms. The van der Waals surface area contributed by atoms with Gasteiger partial charge in [0, 0.05) is 13.2 Å². The third-order valence-corrected chi connectivity index (χ3v) is 6.28. The molecule has 2 aromatic rings. The summed E-state index contributed by atoms with van der Waals surface area (Å²) in [6.07, 6.45) is 5.50. The minimum absolute atomic E-state index is 0.0953. The molecular formula is C24H31NO3. The number of piperidine rings is 1. The lowest BCUT2D eigenvalue weighted by Gasteiger charge is -2.41. The maximum atomic E-state index is 10.1. The molecule has 1 saturated heterocycles. The van der Waals surface area contributed by atoms with Crippen LogP contribution in [0, 0.1) is 5.41 Å². The first-order chi connectivity index (χ1) is 13.8. The third kappa shape index (κ3) is 4.68. The van der Waals surface area contributed by atoms with E-state index in [1.807, 2.05) is 6.07 Å². The lowest BCUT2D eigenvalue weighted by molar-refractivity contribution is 0.0329. The van der Waals surface area contributed by atoms with Crippen LogP contribution in [0.5, 0.6) is 11.5 Å². The van der Waals surface area contributed by atoms with Gasteiger partial charge in [-0.2, -0.15) is 0 Å². The van der Waals surface area contributed by atoms with E-state index in [-0.39, 0.29) is 5.41 Å². The molecule has 0 saturated carbocycles. The maximum Gasteiger partial charge on any atom is 0.161 e. The van der Waals surface area contributed by atoms with Crippen molar-refractivity contribution in [3.8, 4) is 11.5 Å². The van der Waals surface area contributed by atoms with Gasteiger partial charge in [-0.15, -0.1) is 0 Å². The fraction of sp³-hybridized carbons (Fsp3) is 0.500. The summed E-state index contributed by atoms with van der Waals surface area (Å²) in [5.74, 6) is 1.72. The van der Waals surface area contributed by atoms with Crippen LogP contribution < -0.4 is 9.47 Å². The van der Waals surface area contributed by atoms with E-state index in [2.05, 4.69) is 47.4 Å². The van der Waals surface area contributed by atoms with Crippen LogP contribution in [-0.4, -0.2) is 42.9 Å². The van der Waals surface area contributed by atoms with Crippen molar-refractivity contribution in [2.24, 2.45) is 5.41 Å². The molecule has 2 heterocycles. The van der Waals surface area contributed by atoms with Crippen molar-refractivity contribution in [2.45, 2.75) is 38.6 Å². The molecule has 150 valence electrons. The molecule has 28 heavy (non-hydrogen) atoms. The molecular weight excluding hydrogens is 350 g/mol. The Morgan fingerprint density at radius 1 is 0.893 bits per heavy atom. The van der Waals surface area contributed by atoms with Crippen molar-refractivity contribution in [1.82, 2.24) is 4.90 Å². The summed E-state index contributed by atoms with van der Waals surface area (Å²) in [6.45, 7) is 4.58. The van der Waals surface area contributed by atoms with Crippen molar-refractivity contribution >= 4 is 0 Å². The largest absolute Gasteiger partial charge is 0.486 e. The van der Waals surface area contributed by atoms with Crippen LogP contribution in [0.25, 0.3) is 0 Å². The van der Waals surface area contributed by atoms with Crippen LogP contribution in [0.4, 0.5) is 0 Å². The third-order valence-electron chi connectivity index (χ3n) is 6.28. The Labute approximate surface area is 168 Å². The summed E-state index contributed by atoms with van der Waals surface area (Å²) < 4.78 is 11.3. The second-order valence-electron chi connectivity index (χ2n) is 8.25. The van der Waals surface area contributed by atoms with Gasteiger partial charge in [0.15, 0.2) is 11.5 Å². The van der Waals surface area contributed by atoms with E-state index in [9.17, 15) is 5.11 Å². The molecule has 2 aliphatic rings. The summed E-state index contributed by atoms with van der Waals surface area (Å²) in [7, 11) is 0. The highest BCUT2D eigenvalue weighted by molar-refractivity contribution is 5.43. The lowest BCUT2D eigenvalue weighted by Crippen LogP contribution is -2.41. The molecule has 1 N–H and O–H groups in total. The zero-order valence-electron chi connectivity index (χ0n) is 16.6. The second kappa shape index (κ2) is 8.97. The molecule has 4 heteroatoms. The highest BCUT2D eigenvalue weighted by atomic mass is 16.6. The Morgan fingerprint density at radius 3 is 2.39 bits per heavy atom. The van der Waals surface area contributed by atoms with E-state index in [1.54, 1.807) is 0 Å². The van der Waals surface area contributed by atoms with Crippen LogP contribution in [0.15, 0.2) is 48.5 Å². The van der Waals surface area contributed by atoms with Gasteiger partial charge in [0.25, 0.3) is 0 Å². The van der Waals surface area contributed by atoms with Gasteiger partial charge >= 0.3 is 0 Å². The Balaban J connectivity index is 1.27. The van der Waals surface area contributed by atoms with Gasteiger partial charge < -0.3 is 14.6 Å². The number of benzene rings is 2. The van der Waals surface area contributed by atoms with E-state index >= 15 is 0 Å². The van der Waals surface area contributed by atoms with Crippen LogP contribution in [0.1, 0.15) is 36.8 Å². The Morgan fingerprint density at radius 2 is 1.64 bits per heavy atom. The van der Waals surface area contributed by atoms with Gasteiger partial charge in [-0.05, 0) is 73.9 Å². The number of fused-ring (bicyclic) bond motifs is 1. The summed E-state index contributed by atoms with van der Waals surface area (Å²) in [4.78, 5) is 2.50. The SMILES string of the molecule is OCC1(CCCc2ccccc2)CCN(Cc2ccc3c(c2)OCCO3)CC1. The predicted molar refractivity (Wildman–Crippen MR) is 111 cm³/mol. The van der Waals surface area contributed by atoms with Gasteiger partial charge in [0.05, 0.1) is 0 Å². The Kier molecular flexibility index (Phi) is 6.18. The Hall–Kier alpha value is -2.04. The fourth-order valence-electron chi connectivity index (χ4n) is 4.43. The number of aryl methyl sites for hydroxylation is 1. The molecule has 0 aromatic heterocycles. The van der Waals surface area contributed by atoms with Crippen LogP contribution in [0.3, 0.4) is 0 Å². The van der Waals surface area contributed by atoms with Crippen molar-refractivity contribution in [2.75, 3.05) is 32.9 Å². The standard InChI is InChI=1S/C24H31NO3/c26-19-24(10-4-7-20-5-2-1-3-6-20)11-13-25(14-12-24)18-21-8-9-22-23(17-21)28-16-15-27-22/h1-3,5-6,8-9,17,26H,4,7,10-16,18-19H2. The summed E-state index contributed by atoms with van der Waals surface area (Å²) >= 11 is 0. The number of aliphatic hydroxyl groups is 1. The fourth-order valence-corrected chi connectivity index (χ4v) is 4.43. The molecule has 2 aromatic carbocycles. The molecule has 1 fully saturated rings. The molecule has 0 atom stereocenters.